The molecule has 7 heteroatoms. The van der Waals surface area contributed by atoms with Crippen LogP contribution in [0, 0.1) is 0 Å². The summed E-state index contributed by atoms with van der Waals surface area (Å²) in [5.41, 5.74) is 0.242. The minimum atomic E-state index is -1.12. The van der Waals surface area contributed by atoms with Gasteiger partial charge in [0.15, 0.2) is 0 Å². The molecular formula is C13H17BrN2O4. The Labute approximate surface area is 125 Å². The van der Waals surface area contributed by atoms with Crippen LogP contribution in [-0.2, 0) is 0 Å². The highest BCUT2D eigenvalue weighted by Gasteiger charge is 2.15. The van der Waals surface area contributed by atoms with Gasteiger partial charge in [-0.1, -0.05) is 15.9 Å². The number of carbonyl (C=O) groups excluding carboxylic acids is 1. The lowest BCUT2D eigenvalue weighted by molar-refractivity contribution is 0.0698. The normalized spacial score (nSPS) is 11.8. The SMILES string of the molecule is CC(O)CCN(C)C(=O)Nc1ccc(Br)cc1C(=O)O. The summed E-state index contributed by atoms with van der Waals surface area (Å²) in [6, 6.07) is 4.18. The van der Waals surface area contributed by atoms with Crippen molar-refractivity contribution in [2.45, 2.75) is 19.4 Å². The van der Waals surface area contributed by atoms with E-state index >= 15 is 0 Å². The second kappa shape index (κ2) is 7.25. The summed E-state index contributed by atoms with van der Waals surface area (Å²) in [6.45, 7) is 2.02. The summed E-state index contributed by atoms with van der Waals surface area (Å²) in [5, 5.41) is 20.8. The zero-order chi connectivity index (χ0) is 15.3. The Balaban J connectivity index is 2.77. The number of nitrogens with one attached hydrogen (secondary N) is 1. The molecule has 2 amide bonds. The first-order chi connectivity index (χ1) is 9.31. The molecule has 1 aromatic rings. The third kappa shape index (κ3) is 4.82. The summed E-state index contributed by atoms with van der Waals surface area (Å²) < 4.78 is 0.621. The molecule has 0 radical (unpaired) electrons. The molecule has 0 spiro atoms. The molecule has 0 aromatic heterocycles. The molecule has 0 heterocycles. The van der Waals surface area contributed by atoms with Gasteiger partial charge in [-0.2, -0.15) is 0 Å². The lowest BCUT2D eigenvalue weighted by Crippen LogP contribution is -2.33. The van der Waals surface area contributed by atoms with Gasteiger partial charge in [0.05, 0.1) is 17.4 Å². The van der Waals surface area contributed by atoms with Crippen LogP contribution >= 0.6 is 15.9 Å². The first-order valence-corrected chi connectivity index (χ1v) is 6.83. The summed E-state index contributed by atoms with van der Waals surface area (Å²) in [5.74, 6) is -1.12. The van der Waals surface area contributed by atoms with Crippen molar-refractivity contribution in [2.24, 2.45) is 0 Å². The van der Waals surface area contributed by atoms with E-state index in [-0.39, 0.29) is 11.3 Å². The van der Waals surface area contributed by atoms with Gasteiger partial charge in [-0.25, -0.2) is 9.59 Å². The Morgan fingerprint density at radius 1 is 1.45 bits per heavy atom. The highest BCUT2D eigenvalue weighted by molar-refractivity contribution is 9.10. The average Bonchev–Trinajstić information content (AvgIpc) is 2.37. The number of carboxylic acids is 1. The van der Waals surface area contributed by atoms with Gasteiger partial charge in [0.2, 0.25) is 0 Å². The zero-order valence-corrected chi connectivity index (χ0v) is 12.8. The zero-order valence-electron chi connectivity index (χ0n) is 11.3. The number of carboxylic acid groups (broad SMARTS) is 1. The highest BCUT2D eigenvalue weighted by atomic mass is 79.9. The lowest BCUT2D eigenvalue weighted by atomic mass is 10.2. The van der Waals surface area contributed by atoms with E-state index in [1.54, 1.807) is 20.0 Å². The van der Waals surface area contributed by atoms with Crippen LogP contribution in [0.3, 0.4) is 0 Å². The number of halogens is 1. The van der Waals surface area contributed by atoms with Gasteiger partial charge in [-0.3, -0.25) is 0 Å². The first-order valence-electron chi connectivity index (χ1n) is 6.04. The third-order valence-electron chi connectivity index (χ3n) is 2.68. The number of rotatable bonds is 5. The maximum atomic E-state index is 11.9. The summed E-state index contributed by atoms with van der Waals surface area (Å²) in [7, 11) is 1.58. The number of anilines is 1. The standard InChI is InChI=1S/C13H17BrN2O4/c1-8(17)5-6-16(2)13(20)15-11-4-3-9(14)7-10(11)12(18)19/h3-4,7-8,17H,5-6H2,1-2H3,(H,15,20)(H,18,19). The fraction of sp³-hybridized carbons (Fsp3) is 0.385. The number of benzene rings is 1. The van der Waals surface area contributed by atoms with Crippen molar-refractivity contribution in [2.75, 3.05) is 18.9 Å². The molecule has 0 saturated carbocycles. The summed E-state index contributed by atoms with van der Waals surface area (Å²) >= 11 is 3.19. The second-order valence-electron chi connectivity index (χ2n) is 4.48. The van der Waals surface area contributed by atoms with E-state index in [1.807, 2.05) is 0 Å². The van der Waals surface area contributed by atoms with E-state index in [0.29, 0.717) is 17.4 Å². The molecular weight excluding hydrogens is 328 g/mol. The molecule has 0 aliphatic heterocycles. The number of aromatic carboxylic acids is 1. The van der Waals surface area contributed by atoms with Gasteiger partial charge < -0.3 is 20.4 Å². The Morgan fingerprint density at radius 3 is 2.65 bits per heavy atom. The van der Waals surface area contributed by atoms with Crippen LogP contribution in [0.5, 0.6) is 0 Å². The number of aliphatic hydroxyl groups is 1. The van der Waals surface area contributed by atoms with Crippen LogP contribution in [0.4, 0.5) is 10.5 Å². The largest absolute Gasteiger partial charge is 0.478 e. The molecule has 0 aliphatic carbocycles. The van der Waals surface area contributed by atoms with Gasteiger partial charge in [-0.05, 0) is 31.5 Å². The summed E-state index contributed by atoms with van der Waals surface area (Å²) in [6.07, 6.45) is -0.0386. The lowest BCUT2D eigenvalue weighted by Gasteiger charge is -2.19. The number of urea groups is 1. The number of aliphatic hydroxyl groups excluding tert-OH is 1. The van der Waals surface area contributed by atoms with Crippen LogP contribution in [0.15, 0.2) is 22.7 Å². The molecule has 1 rings (SSSR count). The number of hydrogen-bond acceptors (Lipinski definition) is 3. The molecule has 110 valence electrons. The van der Waals surface area contributed by atoms with Crippen molar-refractivity contribution in [1.29, 1.82) is 0 Å². The minimum Gasteiger partial charge on any atom is -0.478 e. The molecule has 0 bridgehead atoms. The van der Waals surface area contributed by atoms with E-state index in [4.69, 9.17) is 5.11 Å². The van der Waals surface area contributed by atoms with Crippen LogP contribution in [0.1, 0.15) is 23.7 Å². The van der Waals surface area contributed by atoms with E-state index < -0.39 is 18.1 Å². The third-order valence-corrected chi connectivity index (χ3v) is 3.18. The van der Waals surface area contributed by atoms with E-state index in [9.17, 15) is 14.7 Å². The van der Waals surface area contributed by atoms with Crippen LogP contribution in [0.2, 0.25) is 0 Å². The number of nitrogens with zero attached hydrogens (tertiary/aromatic N) is 1. The van der Waals surface area contributed by atoms with Gasteiger partial charge in [0, 0.05) is 18.1 Å². The minimum absolute atomic E-state index is 0.0108. The van der Waals surface area contributed by atoms with Gasteiger partial charge in [-0.15, -0.1) is 0 Å². The maximum absolute atomic E-state index is 11.9. The molecule has 0 saturated heterocycles. The molecule has 3 N–H and O–H groups in total. The predicted molar refractivity (Wildman–Crippen MR) is 79.0 cm³/mol. The van der Waals surface area contributed by atoms with Crippen molar-refractivity contribution >= 4 is 33.6 Å². The highest BCUT2D eigenvalue weighted by Crippen LogP contribution is 2.21. The van der Waals surface area contributed by atoms with Crippen molar-refractivity contribution in [3.8, 4) is 0 Å². The molecule has 6 nitrogen and oxygen atoms in total. The fourth-order valence-corrected chi connectivity index (χ4v) is 1.86. The monoisotopic (exact) mass is 344 g/mol. The molecule has 1 unspecified atom stereocenters. The molecule has 0 aliphatic rings. The number of amides is 2. The van der Waals surface area contributed by atoms with Crippen LogP contribution < -0.4 is 5.32 Å². The Morgan fingerprint density at radius 2 is 2.10 bits per heavy atom. The molecule has 0 fully saturated rings. The molecule has 1 aromatic carbocycles. The second-order valence-corrected chi connectivity index (χ2v) is 5.40. The quantitative estimate of drug-likeness (QED) is 0.764. The van der Waals surface area contributed by atoms with Crippen LogP contribution in [0.25, 0.3) is 0 Å². The Hall–Kier alpha value is -1.60. The number of hydrogen-bond donors (Lipinski definition) is 3. The smallest absolute Gasteiger partial charge is 0.337 e. The van der Waals surface area contributed by atoms with Crippen molar-refractivity contribution in [1.82, 2.24) is 4.90 Å². The Kier molecular flexibility index (Phi) is 5.97. The van der Waals surface area contributed by atoms with Gasteiger partial charge in [0.25, 0.3) is 0 Å². The Bertz CT molecular complexity index is 505. The predicted octanol–water partition coefficient (Wildman–Crippen LogP) is 2.38. The van der Waals surface area contributed by atoms with Gasteiger partial charge >= 0.3 is 12.0 Å². The van der Waals surface area contributed by atoms with Crippen molar-refractivity contribution in [3.63, 3.8) is 0 Å². The average molecular weight is 345 g/mol. The van der Waals surface area contributed by atoms with Gasteiger partial charge in [0.1, 0.15) is 0 Å². The molecule has 20 heavy (non-hydrogen) atoms. The maximum Gasteiger partial charge on any atom is 0.337 e. The van der Waals surface area contributed by atoms with Crippen molar-refractivity contribution in [3.05, 3.63) is 28.2 Å². The van der Waals surface area contributed by atoms with E-state index in [1.165, 1.54) is 17.0 Å². The topological polar surface area (TPSA) is 89.9 Å². The van der Waals surface area contributed by atoms with E-state index in [2.05, 4.69) is 21.2 Å². The summed E-state index contributed by atoms with van der Waals surface area (Å²) in [4.78, 5) is 24.4. The van der Waals surface area contributed by atoms with Crippen molar-refractivity contribution < 1.29 is 19.8 Å². The first kappa shape index (κ1) is 16.5. The fourth-order valence-electron chi connectivity index (χ4n) is 1.50. The molecule has 1 atom stereocenters. The van der Waals surface area contributed by atoms with Crippen LogP contribution in [-0.4, -0.2) is 46.8 Å². The number of carbonyl (C=O) groups is 2. The van der Waals surface area contributed by atoms with E-state index in [0.717, 1.165) is 0 Å².